The number of nitrogens with zero attached hydrogens (tertiary/aromatic N) is 1. The number of aliphatic carboxylic acids is 1. The standard InChI is InChI=1S/C8H16N2O5/c9-6(5-7(13)14)8(15)10(1-3-11)2-4-12/h6,11-12H,1-5,9H2,(H,13,14). The Hall–Kier alpha value is -1.18. The van der Waals surface area contributed by atoms with Gasteiger partial charge in [0, 0.05) is 13.1 Å². The molecule has 0 aliphatic carbocycles. The van der Waals surface area contributed by atoms with E-state index in [-0.39, 0.29) is 26.3 Å². The van der Waals surface area contributed by atoms with Gasteiger partial charge in [0.15, 0.2) is 0 Å². The minimum atomic E-state index is -1.16. The summed E-state index contributed by atoms with van der Waals surface area (Å²) in [6.07, 6.45) is -0.466. The highest BCUT2D eigenvalue weighted by Gasteiger charge is 2.22. The lowest BCUT2D eigenvalue weighted by molar-refractivity contribution is -0.142. The van der Waals surface area contributed by atoms with Crippen molar-refractivity contribution in [3.8, 4) is 0 Å². The molecule has 7 nitrogen and oxygen atoms in total. The number of aliphatic hydroxyl groups excluding tert-OH is 2. The molecule has 0 spiro atoms. The number of rotatable bonds is 7. The second-order valence-corrected chi connectivity index (χ2v) is 2.98. The van der Waals surface area contributed by atoms with Crippen molar-refractivity contribution in [3.63, 3.8) is 0 Å². The van der Waals surface area contributed by atoms with E-state index in [0.29, 0.717) is 0 Å². The van der Waals surface area contributed by atoms with Crippen LogP contribution in [0.5, 0.6) is 0 Å². The molecular weight excluding hydrogens is 204 g/mol. The molecule has 0 saturated heterocycles. The zero-order valence-corrected chi connectivity index (χ0v) is 8.30. The van der Waals surface area contributed by atoms with E-state index in [0.717, 1.165) is 4.90 Å². The molecule has 0 fully saturated rings. The van der Waals surface area contributed by atoms with Gasteiger partial charge in [-0.05, 0) is 0 Å². The molecule has 7 heteroatoms. The lowest BCUT2D eigenvalue weighted by atomic mass is 10.2. The van der Waals surface area contributed by atoms with E-state index >= 15 is 0 Å². The molecule has 88 valence electrons. The normalized spacial score (nSPS) is 12.2. The highest BCUT2D eigenvalue weighted by Crippen LogP contribution is 1.97. The minimum absolute atomic E-state index is 0.0344. The van der Waals surface area contributed by atoms with Crippen LogP contribution in [0, 0.1) is 0 Å². The molecular formula is C8H16N2O5. The summed E-state index contributed by atoms with van der Waals surface area (Å²) in [5.74, 6) is -1.75. The first kappa shape index (κ1) is 13.8. The number of nitrogens with two attached hydrogens (primary N) is 1. The van der Waals surface area contributed by atoms with Gasteiger partial charge in [0.2, 0.25) is 5.91 Å². The summed E-state index contributed by atoms with van der Waals surface area (Å²) in [5, 5.41) is 25.7. The first-order chi connectivity index (χ1) is 7.02. The Labute approximate surface area is 87.1 Å². The van der Waals surface area contributed by atoms with E-state index in [1.165, 1.54) is 0 Å². The van der Waals surface area contributed by atoms with Crippen molar-refractivity contribution < 1.29 is 24.9 Å². The van der Waals surface area contributed by atoms with Crippen molar-refractivity contribution in [2.75, 3.05) is 26.3 Å². The first-order valence-corrected chi connectivity index (χ1v) is 4.50. The number of carboxylic acid groups (broad SMARTS) is 1. The monoisotopic (exact) mass is 220 g/mol. The summed E-state index contributed by atoms with van der Waals surface area (Å²) in [4.78, 5) is 22.9. The highest BCUT2D eigenvalue weighted by atomic mass is 16.4. The zero-order valence-electron chi connectivity index (χ0n) is 8.30. The van der Waals surface area contributed by atoms with Gasteiger partial charge in [-0.2, -0.15) is 0 Å². The van der Waals surface area contributed by atoms with Crippen molar-refractivity contribution in [2.45, 2.75) is 12.5 Å². The smallest absolute Gasteiger partial charge is 0.305 e. The van der Waals surface area contributed by atoms with Crippen molar-refractivity contribution >= 4 is 11.9 Å². The van der Waals surface area contributed by atoms with Gasteiger partial charge in [-0.3, -0.25) is 9.59 Å². The summed E-state index contributed by atoms with van der Waals surface area (Å²) in [7, 11) is 0. The van der Waals surface area contributed by atoms with Crippen molar-refractivity contribution in [3.05, 3.63) is 0 Å². The van der Waals surface area contributed by atoms with Crippen LogP contribution in [0.3, 0.4) is 0 Å². The van der Waals surface area contributed by atoms with E-state index < -0.39 is 24.3 Å². The van der Waals surface area contributed by atoms with Crippen LogP contribution in [-0.4, -0.2) is 64.4 Å². The highest BCUT2D eigenvalue weighted by molar-refractivity contribution is 5.85. The van der Waals surface area contributed by atoms with E-state index in [2.05, 4.69) is 0 Å². The second-order valence-electron chi connectivity index (χ2n) is 2.98. The van der Waals surface area contributed by atoms with Crippen LogP contribution >= 0.6 is 0 Å². The molecule has 0 aromatic carbocycles. The molecule has 1 amide bonds. The van der Waals surface area contributed by atoms with E-state index in [4.69, 9.17) is 21.1 Å². The molecule has 1 unspecified atom stereocenters. The van der Waals surface area contributed by atoms with Gasteiger partial charge >= 0.3 is 5.97 Å². The third kappa shape index (κ3) is 5.31. The number of hydrogen-bond donors (Lipinski definition) is 4. The van der Waals surface area contributed by atoms with Crippen molar-refractivity contribution in [1.29, 1.82) is 0 Å². The Kier molecular flexibility index (Phi) is 6.59. The van der Waals surface area contributed by atoms with Crippen LogP contribution in [0.25, 0.3) is 0 Å². The average molecular weight is 220 g/mol. The molecule has 1 atom stereocenters. The van der Waals surface area contributed by atoms with Crippen molar-refractivity contribution in [2.24, 2.45) is 5.73 Å². The second kappa shape index (κ2) is 7.16. The third-order valence-corrected chi connectivity index (χ3v) is 1.76. The fourth-order valence-electron chi connectivity index (χ4n) is 1.08. The molecule has 0 heterocycles. The van der Waals surface area contributed by atoms with E-state index in [1.807, 2.05) is 0 Å². The Morgan fingerprint density at radius 2 is 1.67 bits per heavy atom. The molecule has 5 N–H and O–H groups in total. The minimum Gasteiger partial charge on any atom is -0.481 e. The molecule has 15 heavy (non-hydrogen) atoms. The summed E-state index contributed by atoms with van der Waals surface area (Å²) in [5.41, 5.74) is 5.34. The maximum absolute atomic E-state index is 11.5. The summed E-state index contributed by atoms with van der Waals surface area (Å²) >= 11 is 0. The van der Waals surface area contributed by atoms with Crippen LogP contribution in [0.2, 0.25) is 0 Å². The lowest BCUT2D eigenvalue weighted by Crippen LogP contribution is -2.46. The van der Waals surface area contributed by atoms with Crippen LogP contribution in [-0.2, 0) is 9.59 Å². The Morgan fingerprint density at radius 3 is 2.00 bits per heavy atom. The number of carbonyl (C=O) groups is 2. The lowest BCUT2D eigenvalue weighted by Gasteiger charge is -2.23. The number of carboxylic acids is 1. The van der Waals surface area contributed by atoms with Gasteiger partial charge < -0.3 is 26.0 Å². The molecule has 0 bridgehead atoms. The topological polar surface area (TPSA) is 124 Å². The predicted octanol–water partition coefficient (Wildman–Crippen LogP) is -2.40. The van der Waals surface area contributed by atoms with E-state index in [1.54, 1.807) is 0 Å². The Bertz CT molecular complexity index is 215. The van der Waals surface area contributed by atoms with Gasteiger partial charge in [-0.1, -0.05) is 0 Å². The van der Waals surface area contributed by atoms with Gasteiger partial charge in [0.1, 0.15) is 0 Å². The maximum atomic E-state index is 11.5. The number of aliphatic hydroxyl groups is 2. The van der Waals surface area contributed by atoms with Crippen molar-refractivity contribution in [1.82, 2.24) is 4.90 Å². The van der Waals surface area contributed by atoms with Gasteiger partial charge in [-0.25, -0.2) is 0 Å². The largest absolute Gasteiger partial charge is 0.481 e. The molecule has 0 aliphatic rings. The third-order valence-electron chi connectivity index (χ3n) is 1.76. The molecule has 0 saturated carbocycles. The summed E-state index contributed by atoms with van der Waals surface area (Å²) in [6.45, 7) is -0.448. The number of amides is 1. The van der Waals surface area contributed by atoms with Crippen LogP contribution in [0.15, 0.2) is 0 Å². The quantitative estimate of drug-likeness (QED) is 0.379. The zero-order chi connectivity index (χ0) is 11.8. The van der Waals surface area contributed by atoms with Gasteiger partial charge in [0.25, 0.3) is 0 Å². The average Bonchev–Trinajstić information content (AvgIpc) is 2.15. The van der Waals surface area contributed by atoms with Gasteiger partial charge in [0.05, 0.1) is 25.7 Å². The predicted molar refractivity (Wildman–Crippen MR) is 51.0 cm³/mol. The maximum Gasteiger partial charge on any atom is 0.305 e. The molecule has 0 aromatic rings. The summed E-state index contributed by atoms with van der Waals surface area (Å²) in [6, 6.07) is -1.14. The number of carbonyl (C=O) groups excluding carboxylic acids is 1. The van der Waals surface area contributed by atoms with Crippen LogP contribution in [0.1, 0.15) is 6.42 Å². The Morgan fingerprint density at radius 1 is 1.20 bits per heavy atom. The fourth-order valence-corrected chi connectivity index (χ4v) is 1.08. The molecule has 0 rings (SSSR count). The van der Waals surface area contributed by atoms with Crippen LogP contribution < -0.4 is 5.73 Å². The SMILES string of the molecule is NC(CC(=O)O)C(=O)N(CCO)CCO. The molecule has 0 aromatic heterocycles. The molecule has 0 aliphatic heterocycles. The fraction of sp³-hybridized carbons (Fsp3) is 0.750. The number of hydrogen-bond acceptors (Lipinski definition) is 5. The molecule has 0 radical (unpaired) electrons. The van der Waals surface area contributed by atoms with Crippen LogP contribution in [0.4, 0.5) is 0 Å². The van der Waals surface area contributed by atoms with E-state index in [9.17, 15) is 9.59 Å². The van der Waals surface area contributed by atoms with Gasteiger partial charge in [-0.15, -0.1) is 0 Å². The Balaban J connectivity index is 4.27. The summed E-state index contributed by atoms with van der Waals surface area (Å²) < 4.78 is 0. The first-order valence-electron chi connectivity index (χ1n) is 4.50.